The molecule has 11 heteroatoms. The van der Waals surface area contributed by atoms with Crippen LogP contribution in [-0.2, 0) is 30.5 Å². The Kier molecular flexibility index (Phi) is 9.16. The molecule has 0 fully saturated rings. The van der Waals surface area contributed by atoms with Crippen LogP contribution in [0.5, 0.6) is 0 Å². The summed E-state index contributed by atoms with van der Waals surface area (Å²) in [7, 11) is -1.15. The number of hydrogen-bond acceptors (Lipinski definition) is 8. The average Bonchev–Trinajstić information content (AvgIpc) is 3.43. The molecule has 190 valence electrons. The van der Waals surface area contributed by atoms with E-state index in [2.05, 4.69) is 34.7 Å². The van der Waals surface area contributed by atoms with Crippen LogP contribution < -0.4 is 0 Å². The summed E-state index contributed by atoms with van der Waals surface area (Å²) in [5.41, 5.74) is 2.24. The number of rotatable bonds is 13. The molecule has 0 unspecified atom stereocenters. The molecule has 3 aromatic rings. The van der Waals surface area contributed by atoms with E-state index in [1.54, 1.807) is 30.9 Å². The van der Waals surface area contributed by atoms with Gasteiger partial charge >= 0.3 is 11.9 Å². The minimum Gasteiger partial charge on any atom is -0.466 e. The second-order valence-electron chi connectivity index (χ2n) is 9.47. The van der Waals surface area contributed by atoms with Crippen molar-refractivity contribution in [2.75, 3.05) is 19.8 Å². The van der Waals surface area contributed by atoms with Gasteiger partial charge in [0.25, 0.3) is 0 Å². The third-order valence-electron chi connectivity index (χ3n) is 5.45. The third-order valence-corrected chi connectivity index (χ3v) is 7.15. The van der Waals surface area contributed by atoms with Crippen LogP contribution in [0.25, 0.3) is 22.3 Å². The van der Waals surface area contributed by atoms with Crippen LogP contribution in [0.4, 0.5) is 0 Å². The first kappa shape index (κ1) is 26.5. The molecule has 0 saturated heterocycles. The largest absolute Gasteiger partial charge is 0.466 e. The van der Waals surface area contributed by atoms with Crippen LogP contribution in [0.2, 0.25) is 25.7 Å². The van der Waals surface area contributed by atoms with Crippen molar-refractivity contribution in [3.05, 3.63) is 31.0 Å². The standard InChI is InChI=1S/C24H35N5O5Si/c1-6-33-21(30)12-19(13-22(31)34-7-2)29-15-18(14-27-29)23-20-8-9-28(24(20)26-16-25-23)17-32-10-11-35(3,4)5/h8-9,14-16,19H,6-7,10-13,17H2,1-5H3. The Bertz CT molecular complexity index is 1120. The summed E-state index contributed by atoms with van der Waals surface area (Å²) in [6.07, 6.45) is 6.93. The summed E-state index contributed by atoms with van der Waals surface area (Å²) in [6, 6.07) is 2.53. The van der Waals surface area contributed by atoms with Crippen molar-refractivity contribution >= 4 is 31.0 Å². The highest BCUT2D eigenvalue weighted by atomic mass is 28.3. The first-order valence-corrected chi connectivity index (χ1v) is 15.7. The summed E-state index contributed by atoms with van der Waals surface area (Å²) < 4.78 is 19.6. The Morgan fingerprint density at radius 3 is 2.37 bits per heavy atom. The molecule has 0 aliphatic heterocycles. The number of fused-ring (bicyclic) bond motifs is 1. The zero-order valence-corrected chi connectivity index (χ0v) is 22.2. The lowest BCUT2D eigenvalue weighted by Crippen LogP contribution is -2.22. The monoisotopic (exact) mass is 501 g/mol. The van der Waals surface area contributed by atoms with Gasteiger partial charge in [-0.15, -0.1) is 0 Å². The Labute approximate surface area is 206 Å². The molecule has 0 aliphatic carbocycles. The van der Waals surface area contributed by atoms with Crippen LogP contribution in [0.3, 0.4) is 0 Å². The van der Waals surface area contributed by atoms with Crippen LogP contribution in [0.15, 0.2) is 31.0 Å². The van der Waals surface area contributed by atoms with Gasteiger partial charge in [-0.1, -0.05) is 19.6 Å². The molecule has 0 spiro atoms. The second-order valence-corrected chi connectivity index (χ2v) is 15.1. The van der Waals surface area contributed by atoms with Gasteiger partial charge in [-0.05, 0) is 26.0 Å². The van der Waals surface area contributed by atoms with Gasteiger partial charge in [0.15, 0.2) is 0 Å². The van der Waals surface area contributed by atoms with Gasteiger partial charge in [-0.2, -0.15) is 5.10 Å². The number of carbonyl (C=O) groups excluding carboxylic acids is 2. The Balaban J connectivity index is 1.80. The van der Waals surface area contributed by atoms with Gasteiger partial charge in [0.1, 0.15) is 18.7 Å². The lowest BCUT2D eigenvalue weighted by Gasteiger charge is -2.16. The average molecular weight is 502 g/mol. The van der Waals surface area contributed by atoms with Crippen LogP contribution in [-0.4, -0.2) is 64.1 Å². The van der Waals surface area contributed by atoms with E-state index in [1.165, 1.54) is 6.33 Å². The molecule has 0 bridgehead atoms. The SMILES string of the molecule is CCOC(=O)CC(CC(=O)OCC)n1cc(-c2ncnc3c2ccn3COCC[Si](C)(C)C)cn1. The van der Waals surface area contributed by atoms with Crippen molar-refractivity contribution in [2.24, 2.45) is 0 Å². The molecule has 0 aliphatic rings. The smallest absolute Gasteiger partial charge is 0.307 e. The van der Waals surface area contributed by atoms with Crippen molar-refractivity contribution in [1.82, 2.24) is 24.3 Å². The van der Waals surface area contributed by atoms with Crippen LogP contribution in [0, 0.1) is 0 Å². The Hall–Kier alpha value is -3.05. The molecule has 0 atom stereocenters. The van der Waals surface area contributed by atoms with Gasteiger partial charge in [0, 0.05) is 38.0 Å². The Morgan fingerprint density at radius 2 is 1.74 bits per heavy atom. The fraction of sp³-hybridized carbons (Fsp3) is 0.542. The number of carbonyl (C=O) groups is 2. The van der Waals surface area contributed by atoms with Crippen molar-refractivity contribution < 1.29 is 23.8 Å². The summed E-state index contributed by atoms with van der Waals surface area (Å²) in [6.45, 7) is 12.1. The number of esters is 2. The normalized spacial score (nSPS) is 11.8. The van der Waals surface area contributed by atoms with Crippen molar-refractivity contribution in [2.45, 2.75) is 65.1 Å². The van der Waals surface area contributed by atoms with E-state index in [9.17, 15) is 9.59 Å². The minimum absolute atomic E-state index is 0.0120. The summed E-state index contributed by atoms with van der Waals surface area (Å²) in [5, 5.41) is 5.30. The van der Waals surface area contributed by atoms with Gasteiger partial charge in [-0.25, -0.2) is 9.97 Å². The summed E-state index contributed by atoms with van der Waals surface area (Å²) >= 11 is 0. The fourth-order valence-corrected chi connectivity index (χ4v) is 4.38. The second kappa shape index (κ2) is 12.1. The molecule has 0 aromatic carbocycles. The molecule has 35 heavy (non-hydrogen) atoms. The molecule has 0 radical (unpaired) electrons. The fourth-order valence-electron chi connectivity index (χ4n) is 3.62. The molecule has 3 heterocycles. The van der Waals surface area contributed by atoms with E-state index in [1.807, 2.05) is 16.8 Å². The molecule has 10 nitrogen and oxygen atoms in total. The van der Waals surface area contributed by atoms with Crippen molar-refractivity contribution in [3.63, 3.8) is 0 Å². The number of nitrogens with zero attached hydrogens (tertiary/aromatic N) is 5. The van der Waals surface area contributed by atoms with Gasteiger partial charge in [0.2, 0.25) is 0 Å². The van der Waals surface area contributed by atoms with E-state index in [0.29, 0.717) is 12.4 Å². The van der Waals surface area contributed by atoms with Crippen LogP contribution in [0.1, 0.15) is 32.7 Å². The summed E-state index contributed by atoms with van der Waals surface area (Å²) in [4.78, 5) is 33.2. The molecule has 3 rings (SSSR count). The highest BCUT2D eigenvalue weighted by molar-refractivity contribution is 6.76. The van der Waals surface area contributed by atoms with Gasteiger partial charge in [-0.3, -0.25) is 14.3 Å². The maximum Gasteiger partial charge on any atom is 0.307 e. The maximum absolute atomic E-state index is 12.1. The van der Waals surface area contributed by atoms with E-state index >= 15 is 0 Å². The van der Waals surface area contributed by atoms with Crippen LogP contribution >= 0.6 is 0 Å². The quantitative estimate of drug-likeness (QED) is 0.196. The zero-order valence-electron chi connectivity index (χ0n) is 21.2. The lowest BCUT2D eigenvalue weighted by atomic mass is 10.1. The van der Waals surface area contributed by atoms with Crippen molar-refractivity contribution in [1.29, 1.82) is 0 Å². The number of ether oxygens (including phenoxy) is 3. The van der Waals surface area contributed by atoms with Gasteiger partial charge in [0.05, 0.1) is 44.0 Å². The topological polar surface area (TPSA) is 110 Å². The predicted molar refractivity (Wildman–Crippen MR) is 134 cm³/mol. The van der Waals surface area contributed by atoms with Crippen molar-refractivity contribution in [3.8, 4) is 11.3 Å². The summed E-state index contributed by atoms with van der Waals surface area (Å²) in [5.74, 6) is -0.788. The predicted octanol–water partition coefficient (Wildman–Crippen LogP) is 4.05. The maximum atomic E-state index is 12.1. The molecule has 0 saturated carbocycles. The zero-order chi connectivity index (χ0) is 25.4. The molecule has 0 amide bonds. The Morgan fingerprint density at radius 1 is 1.06 bits per heavy atom. The minimum atomic E-state index is -1.15. The first-order chi connectivity index (χ1) is 16.7. The molecule has 3 aromatic heterocycles. The van der Waals surface area contributed by atoms with E-state index in [4.69, 9.17) is 14.2 Å². The third kappa shape index (κ3) is 7.46. The molecule has 0 N–H and O–H groups in total. The lowest BCUT2D eigenvalue weighted by molar-refractivity contribution is -0.146. The molecular weight excluding hydrogens is 466 g/mol. The van der Waals surface area contributed by atoms with E-state index in [-0.39, 0.29) is 26.1 Å². The highest BCUT2D eigenvalue weighted by Crippen LogP contribution is 2.28. The van der Waals surface area contributed by atoms with E-state index in [0.717, 1.165) is 29.2 Å². The number of hydrogen-bond donors (Lipinski definition) is 0. The molecular formula is C24H35N5O5Si. The van der Waals surface area contributed by atoms with Gasteiger partial charge < -0.3 is 18.8 Å². The first-order valence-electron chi connectivity index (χ1n) is 11.9. The number of aromatic nitrogens is 5. The van der Waals surface area contributed by atoms with E-state index < -0.39 is 26.1 Å². The highest BCUT2D eigenvalue weighted by Gasteiger charge is 2.23.